The lowest BCUT2D eigenvalue weighted by atomic mass is 10.0. The van der Waals surface area contributed by atoms with E-state index in [1.54, 1.807) is 6.26 Å². The predicted octanol–water partition coefficient (Wildman–Crippen LogP) is -9.18. The van der Waals surface area contributed by atoms with Crippen LogP contribution in [-0.2, 0) is 47.9 Å². The largest absolute Gasteiger partial charge is 0.480 e. The number of carbonyl (C=O) groups is 10. The van der Waals surface area contributed by atoms with E-state index >= 15 is 0 Å². The van der Waals surface area contributed by atoms with Gasteiger partial charge in [-0.25, -0.2) is 4.79 Å². The molecule has 0 saturated carbocycles. The number of carbonyl (C=O) groups excluding carboxylic acids is 9. The average molecular weight is 1310 g/mol. The second-order valence-electron chi connectivity index (χ2n) is 21.0. The Morgan fingerprint density at radius 3 is 0.846 bits per heavy atom. The predicted molar refractivity (Wildman–Crippen MR) is 348 cm³/mol. The first kappa shape index (κ1) is 82.3. The van der Waals surface area contributed by atoms with Crippen molar-refractivity contribution in [1.29, 1.82) is 0 Å². The van der Waals surface area contributed by atoms with Crippen LogP contribution in [0.25, 0.3) is 0 Å². The van der Waals surface area contributed by atoms with Gasteiger partial charge in [-0.2, -0.15) is 11.8 Å². The van der Waals surface area contributed by atoms with Crippen molar-refractivity contribution in [3.63, 3.8) is 0 Å². The van der Waals surface area contributed by atoms with E-state index in [2.05, 4.69) is 67.5 Å². The summed E-state index contributed by atoms with van der Waals surface area (Å²) in [5, 5.41) is 30.8. The molecule has 0 radical (unpaired) electrons. The topological polar surface area (TPSA) is 713 Å². The minimum absolute atomic E-state index is 0.000703. The standard InChI is InChI=1S/C52H103N27O11S/c1-91-28-20-36(78-41(83)31(13-3-5-22-54)73-40(82)30(12-2-4-21-53)72-39(81)29(55)11-6-23-67-48(57)58)46(88)76-33(15-8-25-69-50(61)62)43(85)77-35(18-19-38(56)80)45(87)75-32(14-7-24-68-49(59)60)42(84)74-34(16-9-26-70-51(63)64)44(86)79-37(47(89)90)17-10-27-71-52(65)66/h29-37H,2-28,53-55H2,1H3,(H2,56,80)(H,72,81)(H,73,82)(H,74,84)(H,75,87)(H,76,88)(H,77,85)(H,78,83)(H,79,86)(H,89,90)(H4,57,58,67)(H4,59,60,68)(H4,61,62,69)(H4,63,64,70)(H4,65,66,71)/t29-,30+,31+,32+,33-,34+,35+,36+,37-/m1/s1. The molecule has 9 atom stereocenters. The smallest absolute Gasteiger partial charge is 0.326 e. The molecule has 0 aliphatic heterocycles. The Morgan fingerprint density at radius 1 is 0.341 bits per heavy atom. The molecule has 9 amide bonds. The third kappa shape index (κ3) is 39.8. The van der Waals surface area contributed by atoms with E-state index in [-0.39, 0.29) is 146 Å². The number of nitrogens with one attached hydrogen (secondary N) is 8. The summed E-state index contributed by atoms with van der Waals surface area (Å²) in [5.74, 6) is -10.1. The van der Waals surface area contributed by atoms with E-state index < -0.39 is 126 Å². The van der Waals surface area contributed by atoms with Gasteiger partial charge in [-0.15, -0.1) is 0 Å². The van der Waals surface area contributed by atoms with Gasteiger partial charge in [-0.3, -0.25) is 68.1 Å². The molecule has 518 valence electrons. The van der Waals surface area contributed by atoms with Gasteiger partial charge in [0.25, 0.3) is 0 Å². The quantitative estimate of drug-likeness (QED) is 0.0153. The zero-order chi connectivity index (χ0) is 68.8. The molecule has 0 rings (SSSR count). The number of amides is 9. The van der Waals surface area contributed by atoms with Gasteiger partial charge in [-0.05, 0) is 141 Å². The van der Waals surface area contributed by atoms with Gasteiger partial charge in [0.2, 0.25) is 53.2 Å². The number of primary amides is 1. The fraction of sp³-hybridized carbons (Fsp3) is 0.712. The van der Waals surface area contributed by atoms with E-state index in [9.17, 15) is 53.1 Å². The molecular weight excluding hydrogens is 1210 g/mol. The maximum Gasteiger partial charge on any atom is 0.326 e. The molecule has 0 aromatic heterocycles. The first-order valence-corrected chi connectivity index (χ1v) is 31.3. The molecule has 0 aromatic rings. The molecule has 38 nitrogen and oxygen atoms in total. The second-order valence-corrected chi connectivity index (χ2v) is 22.0. The molecule has 0 bridgehead atoms. The molecule has 0 saturated heterocycles. The Morgan fingerprint density at radius 2 is 0.582 bits per heavy atom. The summed E-state index contributed by atoms with van der Waals surface area (Å²) in [6, 6.07) is -12.4. The number of carboxylic acids is 1. The molecule has 0 fully saturated rings. The van der Waals surface area contributed by atoms with Crippen LogP contribution in [0, 0.1) is 0 Å². The van der Waals surface area contributed by atoms with Gasteiger partial charge in [-0.1, -0.05) is 0 Å². The number of nitrogens with zero attached hydrogens (tertiary/aromatic N) is 5. The van der Waals surface area contributed by atoms with Crippen LogP contribution < -0.4 is 123 Å². The first-order valence-electron chi connectivity index (χ1n) is 29.9. The SMILES string of the molecule is CSCC[C@H](NC(=O)[C@H](CCCCN)NC(=O)[C@H](CCCCN)NC(=O)[C@H](N)CCCN=C(N)N)C(=O)N[C@H](CCCN=C(N)N)C(=O)N[C@@H](CCC(N)=O)C(=O)N[C@@H](CCCN=C(N)N)C(=O)N[C@@H](CCCN=C(N)N)C(=O)N[C@H](CCCN=C(N)N)C(=O)O. The Hall–Kier alpha value is -8.72. The second kappa shape index (κ2) is 48.2. The number of nitrogens with two attached hydrogens (primary N) is 14. The number of aliphatic imine (C=N–C) groups is 5. The fourth-order valence-corrected chi connectivity index (χ4v) is 8.97. The van der Waals surface area contributed by atoms with Crippen molar-refractivity contribution in [2.75, 3.05) is 57.8 Å². The van der Waals surface area contributed by atoms with Crippen LogP contribution in [0.5, 0.6) is 0 Å². The van der Waals surface area contributed by atoms with Crippen molar-refractivity contribution in [3.8, 4) is 0 Å². The Kier molecular flexibility index (Phi) is 43.6. The number of aliphatic carboxylic acids is 1. The summed E-state index contributed by atoms with van der Waals surface area (Å²) in [6.45, 7) is 0.715. The minimum atomic E-state index is -1.65. The molecule has 0 aromatic carbocycles. The van der Waals surface area contributed by atoms with E-state index in [0.717, 1.165) is 0 Å². The van der Waals surface area contributed by atoms with Gasteiger partial charge in [0.15, 0.2) is 29.8 Å². The number of hydrogen-bond donors (Lipinski definition) is 23. The molecule has 0 spiro atoms. The summed E-state index contributed by atoms with van der Waals surface area (Å²) in [5.41, 5.74) is 77.8. The Balaban J connectivity index is 7.26. The van der Waals surface area contributed by atoms with E-state index in [4.69, 9.17) is 80.3 Å². The highest BCUT2D eigenvalue weighted by atomic mass is 32.2. The van der Waals surface area contributed by atoms with Gasteiger partial charge in [0, 0.05) is 39.1 Å². The summed E-state index contributed by atoms with van der Waals surface area (Å²) < 4.78 is 0. The first-order chi connectivity index (χ1) is 43.1. The zero-order valence-electron chi connectivity index (χ0n) is 52.0. The number of hydrogen-bond acceptors (Lipinski definition) is 19. The van der Waals surface area contributed by atoms with E-state index in [1.165, 1.54) is 11.8 Å². The number of thioether (sulfide) groups is 1. The third-order valence-electron chi connectivity index (χ3n) is 13.3. The molecule has 0 aliphatic carbocycles. The normalized spacial score (nSPS) is 13.8. The van der Waals surface area contributed by atoms with Crippen LogP contribution >= 0.6 is 11.8 Å². The molecule has 0 unspecified atom stereocenters. The number of unbranched alkanes of at least 4 members (excludes halogenated alkanes) is 2. The third-order valence-corrected chi connectivity index (χ3v) is 14.0. The zero-order valence-corrected chi connectivity index (χ0v) is 52.9. The van der Waals surface area contributed by atoms with Crippen LogP contribution in [0.1, 0.15) is 122 Å². The summed E-state index contributed by atoms with van der Waals surface area (Å²) >= 11 is 1.33. The van der Waals surface area contributed by atoms with Crippen LogP contribution in [0.3, 0.4) is 0 Å². The number of carboxylic acid groups (broad SMARTS) is 1. The highest BCUT2D eigenvalue weighted by Gasteiger charge is 2.35. The van der Waals surface area contributed by atoms with Crippen LogP contribution in [-0.4, -0.2) is 206 Å². The Bertz CT molecular complexity index is 2440. The van der Waals surface area contributed by atoms with Gasteiger partial charge in [0.05, 0.1) is 6.04 Å². The molecule has 0 heterocycles. The minimum Gasteiger partial charge on any atom is -0.480 e. The van der Waals surface area contributed by atoms with Crippen molar-refractivity contribution >= 4 is 101 Å². The van der Waals surface area contributed by atoms with Crippen molar-refractivity contribution in [1.82, 2.24) is 42.5 Å². The molecular formula is C52H103N27O11S. The van der Waals surface area contributed by atoms with Crippen molar-refractivity contribution in [3.05, 3.63) is 0 Å². The van der Waals surface area contributed by atoms with Gasteiger partial charge in [0.1, 0.15) is 48.3 Å². The molecule has 39 heteroatoms. The van der Waals surface area contributed by atoms with Crippen molar-refractivity contribution < 1.29 is 53.1 Å². The molecule has 37 N–H and O–H groups in total. The van der Waals surface area contributed by atoms with Crippen molar-refractivity contribution in [2.24, 2.45) is 105 Å². The summed E-state index contributed by atoms with van der Waals surface area (Å²) in [7, 11) is 0. The fourth-order valence-electron chi connectivity index (χ4n) is 8.50. The Labute approximate surface area is 534 Å². The summed E-state index contributed by atoms with van der Waals surface area (Å²) in [6.07, 6.45) is 2.95. The lowest BCUT2D eigenvalue weighted by Crippen LogP contribution is -2.60. The highest BCUT2D eigenvalue weighted by Crippen LogP contribution is 2.12. The van der Waals surface area contributed by atoms with Crippen LogP contribution in [0.15, 0.2) is 25.0 Å². The van der Waals surface area contributed by atoms with Gasteiger partial charge >= 0.3 is 5.97 Å². The van der Waals surface area contributed by atoms with Gasteiger partial charge < -0.3 is 128 Å². The van der Waals surface area contributed by atoms with Crippen LogP contribution in [0.2, 0.25) is 0 Å². The molecule has 91 heavy (non-hydrogen) atoms. The monoisotopic (exact) mass is 1310 g/mol. The van der Waals surface area contributed by atoms with E-state index in [0.29, 0.717) is 44.4 Å². The maximum absolute atomic E-state index is 14.5. The maximum atomic E-state index is 14.5. The number of guanidine groups is 5. The van der Waals surface area contributed by atoms with Crippen molar-refractivity contribution in [2.45, 2.75) is 176 Å². The van der Waals surface area contributed by atoms with E-state index in [1.807, 2.05) is 0 Å². The highest BCUT2D eigenvalue weighted by molar-refractivity contribution is 7.98. The lowest BCUT2D eigenvalue weighted by molar-refractivity contribution is -0.142. The lowest BCUT2D eigenvalue weighted by Gasteiger charge is -2.28. The average Bonchev–Trinajstić information content (AvgIpc) is 2.68. The summed E-state index contributed by atoms with van der Waals surface area (Å²) in [4.78, 5) is 157. The number of rotatable bonds is 51. The van der Waals surface area contributed by atoms with Crippen LogP contribution in [0.4, 0.5) is 0 Å². The molecule has 0 aliphatic rings.